The van der Waals surface area contributed by atoms with Crippen LogP contribution in [0.25, 0.3) is 0 Å². The van der Waals surface area contributed by atoms with Crippen molar-refractivity contribution in [2.24, 2.45) is 5.41 Å². The second kappa shape index (κ2) is 6.26. The minimum absolute atomic E-state index is 0.0993. The second-order valence-electron chi connectivity index (χ2n) is 7.55. The topological polar surface area (TPSA) is 79.5 Å². The summed E-state index contributed by atoms with van der Waals surface area (Å²) in [4.78, 5) is 9.57. The summed E-state index contributed by atoms with van der Waals surface area (Å²) < 4.78 is 70.3. The summed E-state index contributed by atoms with van der Waals surface area (Å²) in [5.41, 5.74) is -0.475. The number of halogens is 3. The van der Waals surface area contributed by atoms with Crippen LogP contribution >= 0.6 is 0 Å². The normalized spacial score (nSPS) is 20.2. The van der Waals surface area contributed by atoms with Crippen molar-refractivity contribution in [1.29, 1.82) is 0 Å². The molecule has 0 N–H and O–H groups in total. The fourth-order valence-electron chi connectivity index (χ4n) is 3.90. The number of aromatic nitrogens is 2. The molecule has 0 aliphatic carbocycles. The number of hydrogen-bond acceptors (Lipinski definition) is 6. The minimum Gasteiger partial charge on any atom is -0.448 e. The molecule has 2 fully saturated rings. The van der Waals surface area contributed by atoms with Crippen LogP contribution < -0.4 is 0 Å². The first-order valence-electron chi connectivity index (χ1n) is 8.67. The van der Waals surface area contributed by atoms with E-state index < -0.39 is 21.9 Å². The molecule has 0 aromatic carbocycles. The van der Waals surface area contributed by atoms with Crippen molar-refractivity contribution in [3.63, 3.8) is 0 Å². The first-order valence-corrected chi connectivity index (χ1v) is 10.1. The maximum absolute atomic E-state index is 12.8. The van der Waals surface area contributed by atoms with Gasteiger partial charge >= 0.3 is 6.18 Å². The van der Waals surface area contributed by atoms with Gasteiger partial charge in [0.05, 0.1) is 11.4 Å². The Hall–Kier alpha value is -1.98. The zero-order chi connectivity index (χ0) is 20.3. The molecule has 2 saturated heterocycles. The molecule has 0 radical (unpaired) electrons. The molecule has 1 spiro atoms. The lowest BCUT2D eigenvalue weighted by Crippen LogP contribution is -2.72. The summed E-state index contributed by atoms with van der Waals surface area (Å²) >= 11 is 0. The summed E-state index contributed by atoms with van der Waals surface area (Å²) in [5.74, 6) is 0.768. The lowest BCUT2D eigenvalue weighted by Gasteiger charge is -2.59. The SMILES string of the molecule is Cc1nc(C(F)(F)F)ccc1S(=O)(=O)N1CC2(CN(Cc3ncoc3C)C2)C1. The van der Waals surface area contributed by atoms with Crippen molar-refractivity contribution in [2.45, 2.75) is 31.5 Å². The molecule has 0 saturated carbocycles. The highest BCUT2D eigenvalue weighted by atomic mass is 32.2. The first kappa shape index (κ1) is 19.3. The minimum atomic E-state index is -4.61. The first-order chi connectivity index (χ1) is 13.0. The van der Waals surface area contributed by atoms with E-state index in [0.29, 0.717) is 25.7 Å². The van der Waals surface area contributed by atoms with E-state index in [1.54, 1.807) is 0 Å². The van der Waals surface area contributed by atoms with Crippen molar-refractivity contribution in [3.8, 4) is 0 Å². The van der Waals surface area contributed by atoms with Crippen LogP contribution in [0.3, 0.4) is 0 Å². The van der Waals surface area contributed by atoms with Gasteiger partial charge in [0.2, 0.25) is 10.0 Å². The summed E-state index contributed by atoms with van der Waals surface area (Å²) in [6.07, 6.45) is -3.20. The van der Waals surface area contributed by atoms with E-state index in [-0.39, 0.29) is 16.0 Å². The number of aryl methyl sites for hydroxylation is 2. The Labute approximate surface area is 160 Å². The molecule has 4 rings (SSSR count). The van der Waals surface area contributed by atoms with Gasteiger partial charge < -0.3 is 4.42 Å². The number of hydrogen-bond donors (Lipinski definition) is 0. The number of sulfonamides is 1. The Morgan fingerprint density at radius 3 is 2.39 bits per heavy atom. The molecular weight excluding hydrogens is 397 g/mol. The number of rotatable bonds is 4. The standard InChI is InChI=1S/C17H19F3N4O3S/c1-11-14(3-4-15(22-11)17(18,19)20)28(25,26)24-8-16(9-24)6-23(7-16)5-13-12(2)27-10-21-13/h3-4,10H,5-9H2,1-2H3. The van der Waals surface area contributed by atoms with E-state index in [1.165, 1.54) is 17.6 Å². The molecule has 152 valence electrons. The summed E-state index contributed by atoms with van der Waals surface area (Å²) in [5, 5.41) is 0. The number of alkyl halides is 3. The third-order valence-electron chi connectivity index (χ3n) is 5.30. The number of oxazole rings is 1. The van der Waals surface area contributed by atoms with Gasteiger partial charge in [0.1, 0.15) is 16.3 Å². The zero-order valence-electron chi connectivity index (χ0n) is 15.3. The van der Waals surface area contributed by atoms with Gasteiger partial charge in [0.15, 0.2) is 6.39 Å². The highest BCUT2D eigenvalue weighted by Gasteiger charge is 2.55. The van der Waals surface area contributed by atoms with Crippen molar-refractivity contribution in [3.05, 3.63) is 41.4 Å². The third kappa shape index (κ3) is 3.20. The van der Waals surface area contributed by atoms with Gasteiger partial charge in [0, 0.05) is 38.1 Å². The molecule has 0 bridgehead atoms. The lowest BCUT2D eigenvalue weighted by molar-refractivity contribution is -0.141. The van der Waals surface area contributed by atoms with Gasteiger partial charge in [0.25, 0.3) is 0 Å². The Balaban J connectivity index is 1.40. The van der Waals surface area contributed by atoms with Crippen LogP contribution in [0.5, 0.6) is 0 Å². The number of pyridine rings is 1. The monoisotopic (exact) mass is 416 g/mol. The Bertz CT molecular complexity index is 1000. The molecule has 2 aliphatic heterocycles. The van der Waals surface area contributed by atoms with Gasteiger partial charge in [-0.05, 0) is 26.0 Å². The van der Waals surface area contributed by atoms with Crippen molar-refractivity contribution in [1.82, 2.24) is 19.2 Å². The van der Waals surface area contributed by atoms with Gasteiger partial charge in [-0.25, -0.2) is 18.4 Å². The van der Waals surface area contributed by atoms with Crippen LogP contribution in [0.15, 0.2) is 27.8 Å². The van der Waals surface area contributed by atoms with Crippen LogP contribution in [0, 0.1) is 19.3 Å². The van der Waals surface area contributed by atoms with Crippen molar-refractivity contribution >= 4 is 10.0 Å². The van der Waals surface area contributed by atoms with E-state index in [4.69, 9.17) is 4.42 Å². The third-order valence-corrected chi connectivity index (χ3v) is 7.23. The molecule has 11 heteroatoms. The van der Waals surface area contributed by atoms with Crippen LogP contribution in [0.2, 0.25) is 0 Å². The zero-order valence-corrected chi connectivity index (χ0v) is 16.1. The maximum atomic E-state index is 12.8. The second-order valence-corrected chi connectivity index (χ2v) is 9.46. The maximum Gasteiger partial charge on any atom is 0.433 e. The van der Waals surface area contributed by atoms with Gasteiger partial charge in [-0.3, -0.25) is 4.90 Å². The predicted molar refractivity (Wildman–Crippen MR) is 91.7 cm³/mol. The van der Waals surface area contributed by atoms with E-state index in [1.807, 2.05) is 6.92 Å². The average molecular weight is 416 g/mol. The van der Waals surface area contributed by atoms with Crippen molar-refractivity contribution < 1.29 is 26.0 Å². The molecule has 7 nitrogen and oxygen atoms in total. The van der Waals surface area contributed by atoms with Crippen LogP contribution in [0.4, 0.5) is 13.2 Å². The molecule has 2 aromatic heterocycles. The Morgan fingerprint density at radius 1 is 1.18 bits per heavy atom. The average Bonchev–Trinajstić information content (AvgIpc) is 2.91. The molecular formula is C17H19F3N4O3S. The highest BCUT2D eigenvalue weighted by molar-refractivity contribution is 7.89. The largest absolute Gasteiger partial charge is 0.448 e. The lowest BCUT2D eigenvalue weighted by atomic mass is 9.74. The van der Waals surface area contributed by atoms with E-state index in [2.05, 4.69) is 14.9 Å². The van der Waals surface area contributed by atoms with Crippen molar-refractivity contribution in [2.75, 3.05) is 26.2 Å². The van der Waals surface area contributed by atoms with E-state index >= 15 is 0 Å². The number of likely N-dealkylation sites (tertiary alicyclic amines) is 1. The number of nitrogens with zero attached hydrogens (tertiary/aromatic N) is 4. The molecule has 0 unspecified atom stereocenters. The summed E-state index contributed by atoms with van der Waals surface area (Å²) in [6.45, 7) is 5.97. The predicted octanol–water partition coefficient (Wildman–Crippen LogP) is 2.21. The fraction of sp³-hybridized carbons (Fsp3) is 0.529. The fourth-order valence-corrected chi connectivity index (χ4v) is 5.72. The van der Waals surface area contributed by atoms with Gasteiger partial charge in [-0.2, -0.15) is 17.5 Å². The Kier molecular flexibility index (Phi) is 4.32. The molecule has 0 amide bonds. The molecule has 2 aliphatic rings. The summed E-state index contributed by atoms with van der Waals surface area (Å²) in [6, 6.07) is 1.70. The van der Waals surface area contributed by atoms with Crippen LogP contribution in [0.1, 0.15) is 22.8 Å². The summed E-state index contributed by atoms with van der Waals surface area (Å²) in [7, 11) is -3.86. The molecule has 28 heavy (non-hydrogen) atoms. The highest BCUT2D eigenvalue weighted by Crippen LogP contribution is 2.43. The van der Waals surface area contributed by atoms with Gasteiger partial charge in [-0.15, -0.1) is 0 Å². The molecule has 0 atom stereocenters. The van der Waals surface area contributed by atoms with Crippen LogP contribution in [-0.2, 0) is 22.7 Å². The van der Waals surface area contributed by atoms with E-state index in [0.717, 1.165) is 30.6 Å². The van der Waals surface area contributed by atoms with Gasteiger partial charge in [-0.1, -0.05) is 0 Å². The smallest absolute Gasteiger partial charge is 0.433 e. The molecule has 4 heterocycles. The van der Waals surface area contributed by atoms with E-state index in [9.17, 15) is 21.6 Å². The Morgan fingerprint density at radius 2 is 1.86 bits per heavy atom. The molecule has 2 aromatic rings. The van der Waals surface area contributed by atoms with Crippen LogP contribution in [-0.4, -0.2) is 53.8 Å². The quantitative estimate of drug-likeness (QED) is 0.761.